The number of nitrogens with zero attached hydrogens (tertiary/aromatic N) is 3. The lowest BCUT2D eigenvalue weighted by Gasteiger charge is -1.97. The van der Waals surface area contributed by atoms with E-state index in [0.717, 1.165) is 5.52 Å². The third-order valence-electron chi connectivity index (χ3n) is 2.08. The van der Waals surface area contributed by atoms with Crippen LogP contribution in [-0.2, 0) is 16.7 Å². The summed E-state index contributed by atoms with van der Waals surface area (Å²) in [5.41, 5.74) is 1.19. The van der Waals surface area contributed by atoms with Gasteiger partial charge in [-0.05, 0) is 25.1 Å². The van der Waals surface area contributed by atoms with Gasteiger partial charge in [0.2, 0.25) is 0 Å². The fraction of sp³-hybridized carbons (Fsp3) is 0.250. The van der Waals surface area contributed by atoms with Crippen molar-refractivity contribution >= 4 is 21.2 Å². The Morgan fingerprint density at radius 1 is 1.47 bits per heavy atom. The van der Waals surface area contributed by atoms with Crippen molar-refractivity contribution in [3.8, 4) is 0 Å². The van der Waals surface area contributed by atoms with Crippen LogP contribution in [0.2, 0.25) is 0 Å². The van der Waals surface area contributed by atoms with Crippen molar-refractivity contribution in [3.63, 3.8) is 0 Å². The van der Waals surface area contributed by atoms with Gasteiger partial charge in [0.25, 0.3) is 10.1 Å². The van der Waals surface area contributed by atoms with Gasteiger partial charge in [-0.2, -0.15) is 8.42 Å². The molecule has 6 nitrogen and oxygen atoms in total. The number of benzene rings is 1. The largest absolute Gasteiger partial charge is 0.294 e. The first-order valence-electron chi connectivity index (χ1n) is 4.33. The van der Waals surface area contributed by atoms with Gasteiger partial charge >= 0.3 is 0 Å². The van der Waals surface area contributed by atoms with E-state index in [4.69, 9.17) is 4.55 Å². The molecule has 0 radical (unpaired) electrons. The molecule has 2 rings (SSSR count). The van der Waals surface area contributed by atoms with Crippen molar-refractivity contribution in [1.82, 2.24) is 15.0 Å². The van der Waals surface area contributed by atoms with Crippen LogP contribution in [0.5, 0.6) is 0 Å². The Kier molecular flexibility index (Phi) is 2.20. The Bertz CT molecular complexity index is 603. The van der Waals surface area contributed by atoms with Gasteiger partial charge < -0.3 is 0 Å². The van der Waals surface area contributed by atoms with Crippen LogP contribution in [0.15, 0.2) is 23.1 Å². The Morgan fingerprint density at radius 3 is 2.80 bits per heavy atom. The zero-order valence-corrected chi connectivity index (χ0v) is 8.77. The molecule has 0 bridgehead atoms. The first kappa shape index (κ1) is 10.1. The first-order valence-corrected chi connectivity index (χ1v) is 5.77. The predicted octanol–water partition coefficient (Wildman–Crippen LogP) is 0.698. The minimum Gasteiger partial charge on any atom is -0.282 e. The normalized spacial score (nSPS) is 12.1. The van der Waals surface area contributed by atoms with Crippen LogP contribution in [0.25, 0.3) is 11.0 Å². The first-order chi connectivity index (χ1) is 7.02. The number of fused-ring (bicyclic) bond motifs is 1. The molecule has 80 valence electrons. The molecule has 0 saturated carbocycles. The molecular weight excluding hydrogens is 218 g/mol. The molecule has 0 amide bonds. The second-order valence-electron chi connectivity index (χ2n) is 3.03. The van der Waals surface area contributed by atoms with Crippen LogP contribution in [-0.4, -0.2) is 28.0 Å². The molecule has 0 aliphatic heterocycles. The molecule has 0 fully saturated rings. The third-order valence-corrected chi connectivity index (χ3v) is 2.93. The molecule has 2 aromatic rings. The minimum absolute atomic E-state index is 0.168. The number of rotatable bonds is 2. The monoisotopic (exact) mass is 227 g/mol. The summed E-state index contributed by atoms with van der Waals surface area (Å²) < 4.78 is 32.2. The Hall–Kier alpha value is -1.47. The second-order valence-corrected chi connectivity index (χ2v) is 4.45. The lowest BCUT2D eigenvalue weighted by molar-refractivity contribution is 0.483. The van der Waals surface area contributed by atoms with Gasteiger partial charge in [0, 0.05) is 6.54 Å². The molecular formula is C8H9N3O3S. The van der Waals surface area contributed by atoms with Gasteiger partial charge in [-0.3, -0.25) is 4.55 Å². The summed E-state index contributed by atoms with van der Waals surface area (Å²) in [6.45, 7) is 2.56. The summed E-state index contributed by atoms with van der Waals surface area (Å²) in [7, 11) is -4.17. The molecule has 1 N–H and O–H groups in total. The highest BCUT2D eigenvalue weighted by Crippen LogP contribution is 2.16. The number of aryl methyl sites for hydroxylation is 1. The van der Waals surface area contributed by atoms with Crippen molar-refractivity contribution in [2.75, 3.05) is 0 Å². The van der Waals surface area contributed by atoms with E-state index in [1.165, 1.54) is 12.1 Å². The van der Waals surface area contributed by atoms with Crippen molar-refractivity contribution in [3.05, 3.63) is 18.2 Å². The van der Waals surface area contributed by atoms with Gasteiger partial charge in [-0.15, -0.1) is 5.10 Å². The summed E-state index contributed by atoms with van der Waals surface area (Å²) in [6, 6.07) is 4.19. The number of hydrogen-bond acceptors (Lipinski definition) is 4. The van der Waals surface area contributed by atoms with Crippen molar-refractivity contribution in [2.45, 2.75) is 18.4 Å². The molecule has 0 atom stereocenters. The highest BCUT2D eigenvalue weighted by atomic mass is 32.2. The molecule has 0 spiro atoms. The van der Waals surface area contributed by atoms with E-state index in [-0.39, 0.29) is 4.90 Å². The van der Waals surface area contributed by atoms with E-state index in [1.54, 1.807) is 10.7 Å². The Labute approximate surface area is 86.3 Å². The van der Waals surface area contributed by atoms with Crippen molar-refractivity contribution in [1.29, 1.82) is 0 Å². The maximum absolute atomic E-state index is 10.9. The fourth-order valence-corrected chi connectivity index (χ4v) is 1.85. The summed E-state index contributed by atoms with van der Waals surface area (Å²) in [4.78, 5) is -0.168. The topological polar surface area (TPSA) is 85.1 Å². The second kappa shape index (κ2) is 3.28. The number of hydrogen-bond donors (Lipinski definition) is 1. The smallest absolute Gasteiger partial charge is 0.282 e. The highest BCUT2D eigenvalue weighted by Gasteiger charge is 2.12. The summed E-state index contributed by atoms with van der Waals surface area (Å²) >= 11 is 0. The van der Waals surface area contributed by atoms with Gasteiger partial charge in [-0.1, -0.05) is 5.21 Å². The van der Waals surface area contributed by atoms with Crippen molar-refractivity contribution < 1.29 is 13.0 Å². The van der Waals surface area contributed by atoms with Crippen LogP contribution < -0.4 is 0 Å². The standard InChI is InChI=1S/C8H9N3O3S/c1-2-11-8-4-3-6(15(12,13)14)5-7(8)9-10-11/h3-5H,2H2,1H3,(H,12,13,14). The zero-order valence-electron chi connectivity index (χ0n) is 7.95. The molecule has 7 heteroatoms. The van der Waals surface area contributed by atoms with E-state index >= 15 is 0 Å². The van der Waals surface area contributed by atoms with Crippen LogP contribution in [0.4, 0.5) is 0 Å². The lowest BCUT2D eigenvalue weighted by Crippen LogP contribution is -1.98. The maximum atomic E-state index is 10.9. The van der Waals surface area contributed by atoms with Gasteiger partial charge in [0.1, 0.15) is 5.52 Å². The maximum Gasteiger partial charge on any atom is 0.294 e. The van der Waals surface area contributed by atoms with Crippen molar-refractivity contribution in [2.24, 2.45) is 0 Å². The van der Waals surface area contributed by atoms with E-state index in [2.05, 4.69) is 10.3 Å². The summed E-state index contributed by atoms with van der Waals surface area (Å²) in [6.07, 6.45) is 0. The van der Waals surface area contributed by atoms with E-state index in [1.807, 2.05) is 6.92 Å². The lowest BCUT2D eigenvalue weighted by atomic mass is 10.3. The highest BCUT2D eigenvalue weighted by molar-refractivity contribution is 7.85. The molecule has 0 unspecified atom stereocenters. The average molecular weight is 227 g/mol. The molecule has 0 aliphatic rings. The molecule has 1 aromatic carbocycles. The average Bonchev–Trinajstić information content (AvgIpc) is 2.58. The van der Waals surface area contributed by atoms with Gasteiger partial charge in [0.15, 0.2) is 0 Å². The van der Waals surface area contributed by atoms with Crippen LogP contribution >= 0.6 is 0 Å². The van der Waals surface area contributed by atoms with Gasteiger partial charge in [0.05, 0.1) is 10.4 Å². The minimum atomic E-state index is -4.17. The van der Waals surface area contributed by atoms with Gasteiger partial charge in [-0.25, -0.2) is 4.68 Å². The predicted molar refractivity (Wildman–Crippen MR) is 53.0 cm³/mol. The van der Waals surface area contributed by atoms with E-state index in [0.29, 0.717) is 12.1 Å². The molecule has 15 heavy (non-hydrogen) atoms. The Balaban J connectivity index is 2.69. The fourth-order valence-electron chi connectivity index (χ4n) is 1.35. The molecule has 0 aliphatic carbocycles. The number of aromatic nitrogens is 3. The molecule has 1 aromatic heterocycles. The molecule has 0 saturated heterocycles. The van der Waals surface area contributed by atoms with Crippen LogP contribution in [0.1, 0.15) is 6.92 Å². The third kappa shape index (κ3) is 1.71. The summed E-state index contributed by atoms with van der Waals surface area (Å²) in [5.74, 6) is 0. The quantitative estimate of drug-likeness (QED) is 0.763. The summed E-state index contributed by atoms with van der Waals surface area (Å²) in [5, 5.41) is 7.63. The van der Waals surface area contributed by atoms with E-state index in [9.17, 15) is 8.42 Å². The molecule has 1 heterocycles. The zero-order chi connectivity index (χ0) is 11.1. The Morgan fingerprint density at radius 2 is 2.20 bits per heavy atom. The van der Waals surface area contributed by atoms with Crippen LogP contribution in [0, 0.1) is 0 Å². The SMILES string of the molecule is CCn1nnc2cc(S(=O)(=O)O)ccc21. The van der Waals surface area contributed by atoms with E-state index < -0.39 is 10.1 Å². The van der Waals surface area contributed by atoms with Crippen LogP contribution in [0.3, 0.4) is 0 Å².